The van der Waals surface area contributed by atoms with Crippen molar-refractivity contribution < 1.29 is 4.74 Å². The molecule has 1 unspecified atom stereocenters. The Hall–Kier alpha value is -0.610. The average Bonchev–Trinajstić information content (AvgIpc) is 2.78. The number of methoxy groups -OCH3 is 1. The molecule has 4 nitrogen and oxygen atoms in total. The molecule has 0 spiro atoms. The Morgan fingerprint density at radius 1 is 1.37 bits per heavy atom. The first kappa shape index (κ1) is 14.8. The van der Waals surface area contributed by atoms with Gasteiger partial charge in [-0.2, -0.15) is 0 Å². The fourth-order valence-electron chi connectivity index (χ4n) is 3.10. The number of halogens is 1. The summed E-state index contributed by atoms with van der Waals surface area (Å²) in [7, 11) is 1.72. The highest BCUT2D eigenvalue weighted by atomic mass is 35.5. The van der Waals surface area contributed by atoms with Crippen molar-refractivity contribution in [2.75, 3.05) is 13.7 Å². The lowest BCUT2D eigenvalue weighted by molar-refractivity contribution is 0.170. The molecule has 1 aromatic rings. The molecule has 108 valence electrons. The number of nitrogens with zero attached hydrogens (tertiary/aromatic N) is 3. The maximum absolute atomic E-state index is 5.97. The summed E-state index contributed by atoms with van der Waals surface area (Å²) in [4.78, 5) is 0. The number of alkyl halides is 1. The second-order valence-electron chi connectivity index (χ2n) is 6.04. The van der Waals surface area contributed by atoms with Gasteiger partial charge < -0.3 is 9.30 Å². The fourth-order valence-corrected chi connectivity index (χ4v) is 3.30. The molecule has 2 rings (SSSR count). The van der Waals surface area contributed by atoms with Crippen LogP contribution in [0.3, 0.4) is 0 Å². The minimum absolute atomic E-state index is 0.291. The van der Waals surface area contributed by atoms with Gasteiger partial charge in [0.2, 0.25) is 0 Å². The van der Waals surface area contributed by atoms with Gasteiger partial charge in [-0.25, -0.2) is 0 Å². The van der Waals surface area contributed by atoms with E-state index in [1.165, 1.54) is 25.7 Å². The molecule has 1 atom stereocenters. The van der Waals surface area contributed by atoms with Crippen LogP contribution in [0, 0.1) is 5.41 Å². The molecule has 0 aliphatic heterocycles. The average molecular weight is 286 g/mol. The van der Waals surface area contributed by atoms with Crippen molar-refractivity contribution in [2.45, 2.75) is 57.9 Å². The number of rotatable bonds is 5. The third-order valence-corrected chi connectivity index (χ3v) is 4.55. The van der Waals surface area contributed by atoms with Crippen LogP contribution in [0.1, 0.15) is 57.1 Å². The lowest BCUT2D eigenvalue weighted by atomic mass is 9.68. The van der Waals surface area contributed by atoms with Gasteiger partial charge in [-0.1, -0.05) is 26.7 Å². The first-order valence-corrected chi connectivity index (χ1v) is 7.60. The van der Waals surface area contributed by atoms with Crippen LogP contribution in [0.5, 0.6) is 0 Å². The second-order valence-corrected chi connectivity index (χ2v) is 6.31. The van der Waals surface area contributed by atoms with Crippen LogP contribution in [0.2, 0.25) is 0 Å². The summed E-state index contributed by atoms with van der Waals surface area (Å²) in [5, 5.41) is 8.69. The highest BCUT2D eigenvalue weighted by Crippen LogP contribution is 2.46. The molecule has 0 N–H and O–H groups in total. The van der Waals surface area contributed by atoms with E-state index in [0.717, 1.165) is 18.2 Å². The molecule has 0 radical (unpaired) electrons. The van der Waals surface area contributed by atoms with Gasteiger partial charge in [-0.05, 0) is 18.3 Å². The van der Waals surface area contributed by atoms with Gasteiger partial charge in [-0.15, -0.1) is 21.8 Å². The third kappa shape index (κ3) is 3.11. The molecule has 1 saturated carbocycles. The Bertz CT molecular complexity index is 417. The van der Waals surface area contributed by atoms with E-state index < -0.39 is 0 Å². The number of ether oxygens (including phenoxy) is 1. The summed E-state index contributed by atoms with van der Waals surface area (Å²) in [6.45, 7) is 6.13. The van der Waals surface area contributed by atoms with Gasteiger partial charge in [0.15, 0.2) is 0 Å². The molecular formula is C14H24ClN3O. The molecule has 19 heavy (non-hydrogen) atoms. The largest absolute Gasteiger partial charge is 0.383 e. The summed E-state index contributed by atoms with van der Waals surface area (Å²) in [6.07, 6.45) is 5.05. The number of hydrogen-bond donors (Lipinski definition) is 0. The maximum atomic E-state index is 5.97. The summed E-state index contributed by atoms with van der Waals surface area (Å²) in [6, 6.07) is 0. The molecule has 0 saturated heterocycles. The van der Waals surface area contributed by atoms with Gasteiger partial charge in [0.1, 0.15) is 11.6 Å². The van der Waals surface area contributed by atoms with Gasteiger partial charge in [0.25, 0.3) is 0 Å². The molecule has 0 aromatic carbocycles. The first-order chi connectivity index (χ1) is 9.10. The van der Waals surface area contributed by atoms with E-state index in [2.05, 4.69) is 28.6 Å². The zero-order chi connectivity index (χ0) is 13.9. The van der Waals surface area contributed by atoms with Gasteiger partial charge in [-0.3, -0.25) is 0 Å². The van der Waals surface area contributed by atoms with Crippen molar-refractivity contribution in [1.82, 2.24) is 14.8 Å². The summed E-state index contributed by atoms with van der Waals surface area (Å²) in [5.74, 6) is 2.83. The normalized spacial score (nSPS) is 22.6. The van der Waals surface area contributed by atoms with Crippen molar-refractivity contribution in [3.63, 3.8) is 0 Å². The topological polar surface area (TPSA) is 39.9 Å². The van der Waals surface area contributed by atoms with Crippen LogP contribution in [0.25, 0.3) is 0 Å². The molecule has 1 aliphatic rings. The van der Waals surface area contributed by atoms with E-state index in [0.29, 0.717) is 23.8 Å². The van der Waals surface area contributed by atoms with E-state index in [9.17, 15) is 0 Å². The minimum atomic E-state index is 0.291. The van der Waals surface area contributed by atoms with E-state index in [1.54, 1.807) is 7.11 Å². The van der Waals surface area contributed by atoms with E-state index in [1.807, 2.05) is 0 Å². The van der Waals surface area contributed by atoms with E-state index in [-0.39, 0.29) is 0 Å². The van der Waals surface area contributed by atoms with Crippen molar-refractivity contribution in [2.24, 2.45) is 5.41 Å². The van der Waals surface area contributed by atoms with Crippen LogP contribution in [-0.4, -0.2) is 28.5 Å². The molecule has 5 heteroatoms. The Morgan fingerprint density at radius 3 is 2.79 bits per heavy atom. The Kier molecular flexibility index (Phi) is 4.85. The lowest BCUT2D eigenvalue weighted by Crippen LogP contribution is -2.29. The van der Waals surface area contributed by atoms with Crippen molar-refractivity contribution in [3.05, 3.63) is 11.6 Å². The molecule has 0 bridgehead atoms. The fraction of sp³-hybridized carbons (Fsp3) is 0.857. The minimum Gasteiger partial charge on any atom is -0.383 e. The van der Waals surface area contributed by atoms with Crippen LogP contribution < -0.4 is 0 Å². The van der Waals surface area contributed by atoms with Crippen LogP contribution >= 0.6 is 11.6 Å². The predicted octanol–water partition coefficient (Wildman–Crippen LogP) is 3.35. The van der Waals surface area contributed by atoms with Crippen LogP contribution in [0.4, 0.5) is 0 Å². The summed E-state index contributed by atoms with van der Waals surface area (Å²) in [5.41, 5.74) is 0.291. The lowest BCUT2D eigenvalue weighted by Gasteiger charge is -2.38. The van der Waals surface area contributed by atoms with Crippen LogP contribution in [0.15, 0.2) is 0 Å². The molecule has 1 aromatic heterocycles. The van der Waals surface area contributed by atoms with Crippen LogP contribution in [-0.2, 0) is 17.2 Å². The van der Waals surface area contributed by atoms with E-state index >= 15 is 0 Å². The van der Waals surface area contributed by atoms with Gasteiger partial charge in [0, 0.05) is 19.6 Å². The van der Waals surface area contributed by atoms with Gasteiger partial charge >= 0.3 is 0 Å². The predicted molar refractivity (Wildman–Crippen MR) is 76.4 cm³/mol. The highest BCUT2D eigenvalue weighted by molar-refractivity contribution is 6.16. The number of hydrogen-bond acceptors (Lipinski definition) is 3. The SMILES string of the molecule is COCCn1c(CCl)nnc1C1CCCCC1(C)C. The quantitative estimate of drug-likeness (QED) is 0.779. The Labute approximate surface area is 120 Å². The number of aromatic nitrogens is 3. The Morgan fingerprint density at radius 2 is 2.16 bits per heavy atom. The zero-order valence-electron chi connectivity index (χ0n) is 12.2. The van der Waals surface area contributed by atoms with Crippen molar-refractivity contribution in [1.29, 1.82) is 0 Å². The Balaban J connectivity index is 2.29. The summed E-state index contributed by atoms with van der Waals surface area (Å²) >= 11 is 5.97. The maximum Gasteiger partial charge on any atom is 0.148 e. The highest BCUT2D eigenvalue weighted by Gasteiger charge is 2.36. The molecule has 0 amide bonds. The standard InChI is InChI=1S/C14H24ClN3O/c1-14(2)7-5-4-6-11(14)13-17-16-12(10-15)18(13)8-9-19-3/h11H,4-10H2,1-3H3. The van der Waals surface area contributed by atoms with Crippen molar-refractivity contribution >= 4 is 11.6 Å². The van der Waals surface area contributed by atoms with Gasteiger partial charge in [0.05, 0.1) is 12.5 Å². The zero-order valence-corrected chi connectivity index (χ0v) is 12.9. The molecule has 1 aliphatic carbocycles. The summed E-state index contributed by atoms with van der Waals surface area (Å²) < 4.78 is 7.35. The second kappa shape index (κ2) is 6.23. The van der Waals surface area contributed by atoms with Crippen molar-refractivity contribution in [3.8, 4) is 0 Å². The molecule has 1 fully saturated rings. The monoisotopic (exact) mass is 285 g/mol. The molecular weight excluding hydrogens is 262 g/mol. The third-order valence-electron chi connectivity index (χ3n) is 4.31. The van der Waals surface area contributed by atoms with E-state index in [4.69, 9.17) is 16.3 Å². The molecule has 1 heterocycles. The first-order valence-electron chi connectivity index (χ1n) is 7.07. The smallest absolute Gasteiger partial charge is 0.148 e.